The second-order valence-corrected chi connectivity index (χ2v) is 12.3. The minimum absolute atomic E-state index is 0.0969. The normalized spacial score (nSPS) is 19.5. The van der Waals surface area contributed by atoms with Crippen molar-refractivity contribution in [3.05, 3.63) is 75.5 Å². The Morgan fingerprint density at radius 2 is 1.51 bits per heavy atom. The van der Waals surface area contributed by atoms with Crippen molar-refractivity contribution in [3.8, 4) is 28.4 Å². The third kappa shape index (κ3) is 6.51. The van der Waals surface area contributed by atoms with Crippen LogP contribution in [0.25, 0.3) is 11.1 Å². The molecule has 9 heteroatoms. The van der Waals surface area contributed by atoms with Crippen LogP contribution in [0.3, 0.4) is 0 Å². The lowest BCUT2D eigenvalue weighted by Gasteiger charge is -2.37. The highest BCUT2D eigenvalue weighted by Crippen LogP contribution is 2.42. The average molecular weight is 591 g/mol. The third-order valence-corrected chi connectivity index (χ3v) is 8.42. The van der Waals surface area contributed by atoms with E-state index < -0.39 is 5.60 Å². The zero-order chi connectivity index (χ0) is 31.1. The number of aromatic nitrogens is 1. The van der Waals surface area contributed by atoms with E-state index in [0.717, 1.165) is 0 Å². The number of aryl methyl sites for hydroxylation is 3. The summed E-state index contributed by atoms with van der Waals surface area (Å²) in [5, 5.41) is 10.8. The first kappa shape index (κ1) is 30.5. The molecule has 0 radical (unpaired) electrons. The van der Waals surface area contributed by atoms with Gasteiger partial charge in [-0.3, -0.25) is 19.3 Å². The summed E-state index contributed by atoms with van der Waals surface area (Å²) >= 11 is 0. The van der Waals surface area contributed by atoms with Crippen molar-refractivity contribution in [1.82, 2.24) is 9.47 Å². The van der Waals surface area contributed by atoms with E-state index in [1.54, 1.807) is 53.1 Å². The molecule has 1 saturated heterocycles. The Hall–Kier alpha value is -3.98. The van der Waals surface area contributed by atoms with E-state index in [9.17, 15) is 23.9 Å². The SMILES string of the molecule is Cc1cc(F)cc(C)c1Oc1ccc(C(C)(C)O)cc1-c1cn(C)c(=O)cc1O[C@H]1CC[C@H](N2C(=O)CCCC2=O)CC1. The Labute approximate surface area is 251 Å². The zero-order valence-electron chi connectivity index (χ0n) is 25.4. The van der Waals surface area contributed by atoms with Gasteiger partial charge >= 0.3 is 0 Å². The maximum absolute atomic E-state index is 14.0. The Morgan fingerprint density at radius 1 is 0.884 bits per heavy atom. The van der Waals surface area contributed by atoms with Gasteiger partial charge in [-0.1, -0.05) is 6.07 Å². The molecular formula is C34H39FN2O6. The highest BCUT2D eigenvalue weighted by atomic mass is 19.1. The fourth-order valence-corrected chi connectivity index (χ4v) is 6.07. The van der Waals surface area contributed by atoms with Gasteiger partial charge in [0.25, 0.3) is 5.56 Å². The number of halogens is 1. The molecule has 1 saturated carbocycles. The molecule has 0 spiro atoms. The van der Waals surface area contributed by atoms with Crippen LogP contribution in [0.1, 0.15) is 75.5 Å². The van der Waals surface area contributed by atoms with E-state index in [0.29, 0.717) is 90.0 Å². The number of carbonyl (C=O) groups is 2. The van der Waals surface area contributed by atoms with Crippen LogP contribution in [0.2, 0.25) is 0 Å². The second-order valence-electron chi connectivity index (χ2n) is 12.3. The summed E-state index contributed by atoms with van der Waals surface area (Å²) in [7, 11) is 1.65. The number of ether oxygens (including phenoxy) is 2. The molecule has 2 aliphatic rings. The molecule has 0 bridgehead atoms. The molecule has 43 heavy (non-hydrogen) atoms. The monoisotopic (exact) mass is 590 g/mol. The Bertz CT molecular complexity index is 1580. The molecular weight excluding hydrogens is 551 g/mol. The summed E-state index contributed by atoms with van der Waals surface area (Å²) < 4.78 is 28.4. The van der Waals surface area contributed by atoms with E-state index in [4.69, 9.17) is 9.47 Å². The lowest BCUT2D eigenvalue weighted by molar-refractivity contribution is -0.152. The van der Waals surface area contributed by atoms with Crippen LogP contribution < -0.4 is 15.0 Å². The Kier molecular flexibility index (Phi) is 8.47. The first-order valence-corrected chi connectivity index (χ1v) is 14.9. The van der Waals surface area contributed by atoms with Gasteiger partial charge in [0.1, 0.15) is 23.1 Å². The molecule has 8 nitrogen and oxygen atoms in total. The number of hydrogen-bond donors (Lipinski definition) is 1. The van der Waals surface area contributed by atoms with Crippen molar-refractivity contribution in [3.63, 3.8) is 0 Å². The molecule has 0 atom stereocenters. The molecule has 1 aliphatic carbocycles. The number of pyridine rings is 1. The Balaban J connectivity index is 1.49. The number of benzene rings is 2. The molecule has 1 N–H and O–H groups in total. The van der Waals surface area contributed by atoms with E-state index in [1.165, 1.54) is 27.7 Å². The van der Waals surface area contributed by atoms with Gasteiger partial charge in [0.15, 0.2) is 0 Å². The molecule has 2 amide bonds. The van der Waals surface area contributed by atoms with Crippen molar-refractivity contribution in [1.29, 1.82) is 0 Å². The molecule has 1 aromatic heterocycles. The first-order valence-electron chi connectivity index (χ1n) is 14.9. The predicted molar refractivity (Wildman–Crippen MR) is 161 cm³/mol. The van der Waals surface area contributed by atoms with E-state index in [2.05, 4.69) is 0 Å². The minimum Gasteiger partial charge on any atom is -0.490 e. The van der Waals surface area contributed by atoms with E-state index >= 15 is 0 Å². The number of rotatable bonds is 7. The van der Waals surface area contributed by atoms with Crippen LogP contribution in [-0.4, -0.2) is 38.5 Å². The van der Waals surface area contributed by atoms with Crippen molar-refractivity contribution in [2.45, 2.75) is 90.4 Å². The fourth-order valence-electron chi connectivity index (χ4n) is 6.07. The molecule has 0 unspecified atom stereocenters. The molecule has 5 rings (SSSR count). The highest BCUT2D eigenvalue weighted by molar-refractivity contribution is 5.97. The summed E-state index contributed by atoms with van der Waals surface area (Å²) in [6.07, 6.45) is 5.40. The maximum atomic E-state index is 14.0. The van der Waals surface area contributed by atoms with Gasteiger partial charge < -0.3 is 19.1 Å². The second kappa shape index (κ2) is 12.0. The van der Waals surface area contributed by atoms with E-state index in [1.807, 2.05) is 6.07 Å². The summed E-state index contributed by atoms with van der Waals surface area (Å²) in [6.45, 7) is 6.93. The van der Waals surface area contributed by atoms with E-state index in [-0.39, 0.29) is 35.3 Å². The number of hydrogen-bond acceptors (Lipinski definition) is 6. The van der Waals surface area contributed by atoms with Crippen molar-refractivity contribution >= 4 is 11.8 Å². The summed E-state index contributed by atoms with van der Waals surface area (Å²) in [4.78, 5) is 39.2. The standard InChI is InChI=1S/C34H39FN2O6/c1-20-15-23(35)16-21(2)33(20)43-28-14-9-22(34(3,4)41)17-26(28)27-19-36(5)32(40)18-29(27)42-25-12-10-24(11-13-25)37-30(38)7-6-8-31(37)39/h9,14-19,24-25,41H,6-8,10-13H2,1-5H3/t24-,25-. The quantitative estimate of drug-likeness (QED) is 0.336. The van der Waals surface area contributed by atoms with Crippen LogP contribution >= 0.6 is 0 Å². The lowest BCUT2D eigenvalue weighted by atomic mass is 9.90. The largest absolute Gasteiger partial charge is 0.490 e. The maximum Gasteiger partial charge on any atom is 0.254 e. The number of nitrogens with zero attached hydrogens (tertiary/aromatic N) is 2. The van der Waals surface area contributed by atoms with Gasteiger partial charge in [-0.2, -0.15) is 0 Å². The smallest absolute Gasteiger partial charge is 0.254 e. The van der Waals surface area contributed by atoms with Gasteiger partial charge in [-0.15, -0.1) is 0 Å². The molecule has 228 valence electrons. The van der Waals surface area contributed by atoms with Gasteiger partial charge in [0.2, 0.25) is 11.8 Å². The molecule has 1 aliphatic heterocycles. The number of aliphatic hydroxyl groups is 1. The summed E-state index contributed by atoms with van der Waals surface area (Å²) in [5.41, 5.74) is 1.71. The van der Waals surface area contributed by atoms with Crippen molar-refractivity contribution < 1.29 is 28.6 Å². The molecule has 2 aromatic carbocycles. The van der Waals surface area contributed by atoms with Crippen molar-refractivity contribution in [2.24, 2.45) is 7.05 Å². The van der Waals surface area contributed by atoms with Crippen LogP contribution in [0.4, 0.5) is 4.39 Å². The van der Waals surface area contributed by atoms with Gasteiger partial charge in [0, 0.05) is 49.3 Å². The number of likely N-dealkylation sites (tertiary alicyclic amines) is 1. The van der Waals surface area contributed by atoms with Crippen LogP contribution in [0.15, 0.2) is 47.4 Å². The third-order valence-electron chi connectivity index (χ3n) is 8.42. The van der Waals surface area contributed by atoms with Crippen molar-refractivity contribution in [2.75, 3.05) is 0 Å². The summed E-state index contributed by atoms with van der Waals surface area (Å²) in [6, 6.07) is 9.51. The lowest BCUT2D eigenvalue weighted by Crippen LogP contribution is -2.49. The van der Waals surface area contributed by atoms with Gasteiger partial charge in [-0.05, 0) is 101 Å². The van der Waals surface area contributed by atoms with Crippen LogP contribution in [0.5, 0.6) is 17.2 Å². The number of carbonyl (C=O) groups excluding carboxylic acids is 2. The fraction of sp³-hybridized carbons (Fsp3) is 0.441. The van der Waals surface area contributed by atoms with Gasteiger partial charge in [0.05, 0.1) is 11.7 Å². The minimum atomic E-state index is -1.15. The number of piperidine rings is 1. The average Bonchev–Trinajstić information content (AvgIpc) is 2.93. The molecule has 2 heterocycles. The predicted octanol–water partition coefficient (Wildman–Crippen LogP) is 6.06. The number of imide groups is 1. The topological polar surface area (TPSA) is 98.1 Å². The van der Waals surface area contributed by atoms with Crippen LogP contribution in [-0.2, 0) is 22.2 Å². The molecule has 2 fully saturated rings. The van der Waals surface area contributed by atoms with Gasteiger partial charge in [-0.25, -0.2) is 4.39 Å². The zero-order valence-corrected chi connectivity index (χ0v) is 25.4. The first-order chi connectivity index (χ1) is 20.3. The highest BCUT2D eigenvalue weighted by Gasteiger charge is 2.35. The van der Waals surface area contributed by atoms with Crippen LogP contribution in [0, 0.1) is 19.7 Å². The summed E-state index contributed by atoms with van der Waals surface area (Å²) in [5.74, 6) is 0.811. The molecule has 3 aromatic rings. The number of amides is 2. The Morgan fingerprint density at radius 3 is 2.12 bits per heavy atom.